The third-order valence-electron chi connectivity index (χ3n) is 4.30. The zero-order valence-corrected chi connectivity index (χ0v) is 14.7. The summed E-state index contributed by atoms with van der Waals surface area (Å²) in [5.74, 6) is -0.833. The second-order valence-electron chi connectivity index (χ2n) is 5.97. The van der Waals surface area contributed by atoms with E-state index in [4.69, 9.17) is 4.74 Å². The van der Waals surface area contributed by atoms with E-state index in [1.54, 1.807) is 44.4 Å². The fourth-order valence-corrected chi connectivity index (χ4v) is 2.92. The Morgan fingerprint density at radius 3 is 2.40 bits per heavy atom. The van der Waals surface area contributed by atoms with Gasteiger partial charge in [-0.3, -0.25) is 4.79 Å². The molecule has 0 aromatic heterocycles. The Labute approximate surface area is 147 Å². The van der Waals surface area contributed by atoms with Gasteiger partial charge in [-0.1, -0.05) is 55.0 Å². The summed E-state index contributed by atoms with van der Waals surface area (Å²) in [5.41, 5.74) is 0.833. The van der Waals surface area contributed by atoms with Gasteiger partial charge in [0.05, 0.1) is 13.5 Å². The van der Waals surface area contributed by atoms with E-state index in [-0.39, 0.29) is 18.7 Å². The molecule has 0 saturated heterocycles. The Hall–Kier alpha value is -2.82. The van der Waals surface area contributed by atoms with E-state index in [1.807, 2.05) is 25.1 Å². The van der Waals surface area contributed by atoms with Crippen LogP contribution in [0.2, 0.25) is 0 Å². The number of hydrogen-bond donors (Lipinski definition) is 2. The van der Waals surface area contributed by atoms with Gasteiger partial charge in [0.15, 0.2) is 5.54 Å². The topological polar surface area (TPSA) is 75.6 Å². The maximum atomic E-state index is 12.6. The van der Waals surface area contributed by atoms with Crippen molar-refractivity contribution >= 4 is 11.9 Å². The molecule has 2 N–H and O–H groups in total. The summed E-state index contributed by atoms with van der Waals surface area (Å²) < 4.78 is 5.29. The summed E-state index contributed by atoms with van der Waals surface area (Å²) in [6, 6.07) is 14.3. The molecule has 0 aliphatic heterocycles. The summed E-state index contributed by atoms with van der Waals surface area (Å²) >= 11 is 0. The minimum Gasteiger partial charge on any atom is -0.496 e. The zero-order chi connectivity index (χ0) is 18.4. The maximum Gasteiger partial charge on any atom is 0.334 e. The minimum absolute atomic E-state index is 0.0483. The highest BCUT2D eigenvalue weighted by Crippen LogP contribution is 2.26. The van der Waals surface area contributed by atoms with Crippen LogP contribution in [0.4, 0.5) is 0 Å². The van der Waals surface area contributed by atoms with Crippen molar-refractivity contribution in [3.8, 4) is 5.75 Å². The summed E-state index contributed by atoms with van der Waals surface area (Å²) in [7, 11) is 1.55. The second kappa shape index (κ2) is 7.83. The van der Waals surface area contributed by atoms with Crippen molar-refractivity contribution in [2.75, 3.05) is 7.11 Å². The molecule has 0 heterocycles. The molecule has 0 aliphatic rings. The lowest BCUT2D eigenvalue weighted by atomic mass is 9.87. The number of carbonyl (C=O) groups excluding carboxylic acids is 1. The van der Waals surface area contributed by atoms with Gasteiger partial charge < -0.3 is 15.2 Å². The third-order valence-corrected chi connectivity index (χ3v) is 4.30. The maximum absolute atomic E-state index is 12.6. The Morgan fingerprint density at radius 2 is 1.84 bits per heavy atom. The molecule has 0 radical (unpaired) electrons. The van der Waals surface area contributed by atoms with Crippen LogP contribution in [0.15, 0.2) is 48.5 Å². The molecule has 2 aromatic rings. The van der Waals surface area contributed by atoms with Gasteiger partial charge >= 0.3 is 5.97 Å². The molecular weight excluding hydrogens is 318 g/mol. The number of amides is 1. The molecule has 0 saturated carbocycles. The molecule has 0 aliphatic carbocycles. The van der Waals surface area contributed by atoms with E-state index in [1.165, 1.54) is 0 Å². The molecule has 0 fully saturated rings. The highest BCUT2D eigenvalue weighted by Gasteiger charge is 2.40. The lowest BCUT2D eigenvalue weighted by Crippen LogP contribution is -2.52. The number of nitrogens with one attached hydrogen (secondary N) is 1. The second-order valence-corrected chi connectivity index (χ2v) is 5.97. The van der Waals surface area contributed by atoms with Crippen LogP contribution in [0.1, 0.15) is 30.0 Å². The van der Waals surface area contributed by atoms with Gasteiger partial charge in [0.25, 0.3) is 0 Å². The Balaban J connectivity index is 2.30. The predicted molar refractivity (Wildman–Crippen MR) is 95.6 cm³/mol. The zero-order valence-electron chi connectivity index (χ0n) is 14.7. The normalized spacial score (nSPS) is 12.9. The number of carboxylic acids is 1. The van der Waals surface area contributed by atoms with E-state index < -0.39 is 11.5 Å². The molecule has 25 heavy (non-hydrogen) atoms. The van der Waals surface area contributed by atoms with Crippen molar-refractivity contribution in [1.29, 1.82) is 0 Å². The van der Waals surface area contributed by atoms with Crippen molar-refractivity contribution in [1.82, 2.24) is 5.32 Å². The molecule has 5 heteroatoms. The Kier molecular flexibility index (Phi) is 5.80. The van der Waals surface area contributed by atoms with Gasteiger partial charge in [-0.05, 0) is 25.0 Å². The summed E-state index contributed by atoms with van der Waals surface area (Å²) in [5, 5.41) is 12.5. The van der Waals surface area contributed by atoms with Crippen LogP contribution >= 0.6 is 0 Å². The van der Waals surface area contributed by atoms with Crippen LogP contribution in [0.3, 0.4) is 0 Å². The molecule has 0 spiro atoms. The minimum atomic E-state index is -1.45. The van der Waals surface area contributed by atoms with Crippen LogP contribution in [0.5, 0.6) is 5.75 Å². The standard InChI is InChI=1S/C20H23NO4/c1-4-20(19(23)24,16-8-6-5-7-9-16)21-18(22)13-15-12-14(2)10-11-17(15)25-3/h5-12H,4,13H2,1-3H3,(H,21,22)(H,23,24). The van der Waals surface area contributed by atoms with Crippen molar-refractivity contribution in [3.05, 3.63) is 65.2 Å². The fourth-order valence-electron chi connectivity index (χ4n) is 2.92. The average Bonchev–Trinajstić information content (AvgIpc) is 2.60. The van der Waals surface area contributed by atoms with Gasteiger partial charge in [-0.25, -0.2) is 4.79 Å². The van der Waals surface area contributed by atoms with Crippen LogP contribution in [-0.2, 0) is 21.5 Å². The monoisotopic (exact) mass is 341 g/mol. The number of benzene rings is 2. The van der Waals surface area contributed by atoms with E-state index in [0.29, 0.717) is 11.3 Å². The van der Waals surface area contributed by atoms with Gasteiger partial charge in [0.2, 0.25) is 5.91 Å². The molecule has 0 bridgehead atoms. The van der Waals surface area contributed by atoms with E-state index in [0.717, 1.165) is 11.1 Å². The molecule has 132 valence electrons. The molecule has 1 atom stereocenters. The Morgan fingerprint density at radius 1 is 1.16 bits per heavy atom. The average molecular weight is 341 g/mol. The predicted octanol–water partition coefficient (Wildman–Crippen LogP) is 3.05. The van der Waals surface area contributed by atoms with Crippen molar-refractivity contribution in [3.63, 3.8) is 0 Å². The van der Waals surface area contributed by atoms with Crippen LogP contribution in [0.25, 0.3) is 0 Å². The Bertz CT molecular complexity index is 758. The largest absolute Gasteiger partial charge is 0.496 e. The molecule has 2 rings (SSSR count). The first-order valence-electron chi connectivity index (χ1n) is 8.16. The number of ether oxygens (including phenoxy) is 1. The smallest absolute Gasteiger partial charge is 0.334 e. The van der Waals surface area contributed by atoms with Crippen LogP contribution < -0.4 is 10.1 Å². The number of aryl methyl sites for hydroxylation is 1. The number of aliphatic carboxylic acids is 1. The molecule has 2 aromatic carbocycles. The molecule has 5 nitrogen and oxygen atoms in total. The highest BCUT2D eigenvalue weighted by molar-refractivity contribution is 5.89. The third kappa shape index (κ3) is 3.99. The van der Waals surface area contributed by atoms with E-state index in [9.17, 15) is 14.7 Å². The number of carboxylic acid groups (broad SMARTS) is 1. The molecular formula is C20H23NO4. The van der Waals surface area contributed by atoms with Crippen molar-refractivity contribution < 1.29 is 19.4 Å². The first kappa shape index (κ1) is 18.5. The first-order valence-corrected chi connectivity index (χ1v) is 8.16. The SMILES string of the molecule is CCC(NC(=O)Cc1cc(C)ccc1OC)(C(=O)O)c1ccccc1. The number of methoxy groups -OCH3 is 1. The highest BCUT2D eigenvalue weighted by atomic mass is 16.5. The lowest BCUT2D eigenvalue weighted by Gasteiger charge is -2.30. The van der Waals surface area contributed by atoms with Crippen LogP contribution in [0, 0.1) is 6.92 Å². The van der Waals surface area contributed by atoms with Crippen LogP contribution in [-0.4, -0.2) is 24.1 Å². The summed E-state index contributed by atoms with van der Waals surface area (Å²) in [6.07, 6.45) is 0.287. The number of rotatable bonds is 7. The summed E-state index contributed by atoms with van der Waals surface area (Å²) in [6.45, 7) is 3.67. The van der Waals surface area contributed by atoms with Crippen molar-refractivity contribution in [2.24, 2.45) is 0 Å². The molecule has 1 amide bonds. The van der Waals surface area contributed by atoms with Gasteiger partial charge in [0.1, 0.15) is 5.75 Å². The number of hydrogen-bond acceptors (Lipinski definition) is 3. The molecule has 1 unspecified atom stereocenters. The van der Waals surface area contributed by atoms with E-state index in [2.05, 4.69) is 5.32 Å². The van der Waals surface area contributed by atoms with Gasteiger partial charge in [0, 0.05) is 5.56 Å². The summed E-state index contributed by atoms with van der Waals surface area (Å²) in [4.78, 5) is 24.6. The fraction of sp³-hybridized carbons (Fsp3) is 0.300. The first-order chi connectivity index (χ1) is 11.9. The van der Waals surface area contributed by atoms with E-state index >= 15 is 0 Å². The van der Waals surface area contributed by atoms with Crippen molar-refractivity contribution in [2.45, 2.75) is 32.2 Å². The number of carbonyl (C=O) groups is 2. The van der Waals surface area contributed by atoms with Gasteiger partial charge in [-0.2, -0.15) is 0 Å². The lowest BCUT2D eigenvalue weighted by molar-refractivity contribution is -0.148. The quantitative estimate of drug-likeness (QED) is 0.811. The van der Waals surface area contributed by atoms with Gasteiger partial charge in [-0.15, -0.1) is 0 Å².